The van der Waals surface area contributed by atoms with Gasteiger partial charge in [0.15, 0.2) is 0 Å². The standard InChI is InChI=1S/C12H14N2O3/c15-11-4-2-9-5-8(1-3-10(9)14-11)6-13-7-12(16)17/h1,3,5,13H,2,4,6-7H2,(H,14,15)(H,16,17). The van der Waals surface area contributed by atoms with E-state index in [2.05, 4.69) is 10.6 Å². The van der Waals surface area contributed by atoms with E-state index >= 15 is 0 Å². The van der Waals surface area contributed by atoms with Crippen LogP contribution in [0.25, 0.3) is 0 Å². The Labute approximate surface area is 98.8 Å². The Morgan fingerprint density at radius 3 is 3.00 bits per heavy atom. The molecule has 1 aliphatic rings. The lowest BCUT2D eigenvalue weighted by Crippen LogP contribution is -2.22. The number of carboxylic acid groups (broad SMARTS) is 1. The molecule has 1 heterocycles. The van der Waals surface area contributed by atoms with Crippen LogP contribution in [0.15, 0.2) is 18.2 Å². The second-order valence-electron chi connectivity index (χ2n) is 4.04. The average Bonchev–Trinajstić information content (AvgIpc) is 2.29. The summed E-state index contributed by atoms with van der Waals surface area (Å²) in [6.07, 6.45) is 1.26. The van der Waals surface area contributed by atoms with Crippen LogP contribution in [-0.4, -0.2) is 23.5 Å². The number of amides is 1. The maximum Gasteiger partial charge on any atom is 0.317 e. The van der Waals surface area contributed by atoms with Gasteiger partial charge in [-0.3, -0.25) is 9.59 Å². The molecule has 1 amide bonds. The summed E-state index contributed by atoms with van der Waals surface area (Å²) in [5.74, 6) is -0.815. The van der Waals surface area contributed by atoms with Crippen LogP contribution in [0.2, 0.25) is 0 Å². The first-order chi connectivity index (χ1) is 8.15. The fourth-order valence-corrected chi connectivity index (χ4v) is 1.86. The highest BCUT2D eigenvalue weighted by molar-refractivity contribution is 5.93. The van der Waals surface area contributed by atoms with Crippen molar-refractivity contribution in [3.63, 3.8) is 0 Å². The quantitative estimate of drug-likeness (QED) is 0.718. The molecule has 2 rings (SSSR count). The minimum Gasteiger partial charge on any atom is -0.480 e. The van der Waals surface area contributed by atoms with E-state index in [1.807, 2.05) is 18.2 Å². The highest BCUT2D eigenvalue weighted by Gasteiger charge is 2.14. The first-order valence-corrected chi connectivity index (χ1v) is 5.49. The van der Waals surface area contributed by atoms with Crippen molar-refractivity contribution in [2.24, 2.45) is 0 Å². The zero-order valence-corrected chi connectivity index (χ0v) is 9.32. The predicted octanol–water partition coefficient (Wildman–Crippen LogP) is 0.745. The number of benzene rings is 1. The molecule has 0 saturated heterocycles. The third-order valence-corrected chi connectivity index (χ3v) is 2.67. The van der Waals surface area contributed by atoms with E-state index in [1.54, 1.807) is 0 Å². The normalized spacial score (nSPS) is 14.0. The number of aryl methyl sites for hydroxylation is 1. The third kappa shape index (κ3) is 3.04. The number of nitrogens with one attached hydrogen (secondary N) is 2. The van der Waals surface area contributed by atoms with Crippen molar-refractivity contribution in [1.29, 1.82) is 0 Å². The van der Waals surface area contributed by atoms with Crippen LogP contribution in [0.5, 0.6) is 0 Å². The molecular weight excluding hydrogens is 220 g/mol. The molecule has 0 atom stereocenters. The molecule has 0 unspecified atom stereocenters. The summed E-state index contributed by atoms with van der Waals surface area (Å²) >= 11 is 0. The van der Waals surface area contributed by atoms with Gasteiger partial charge >= 0.3 is 5.97 Å². The van der Waals surface area contributed by atoms with Gasteiger partial charge in [-0.2, -0.15) is 0 Å². The summed E-state index contributed by atoms with van der Waals surface area (Å²) in [6, 6.07) is 5.76. The van der Waals surface area contributed by atoms with E-state index in [1.165, 1.54) is 0 Å². The van der Waals surface area contributed by atoms with Gasteiger partial charge in [-0.05, 0) is 23.6 Å². The number of rotatable bonds is 4. The Balaban J connectivity index is 2.01. The second kappa shape index (κ2) is 4.97. The molecule has 3 N–H and O–H groups in total. The molecule has 0 fully saturated rings. The first kappa shape index (κ1) is 11.6. The molecule has 0 aliphatic carbocycles. The number of aliphatic carboxylic acids is 1. The van der Waals surface area contributed by atoms with Crippen molar-refractivity contribution >= 4 is 17.6 Å². The first-order valence-electron chi connectivity index (χ1n) is 5.49. The number of anilines is 1. The predicted molar refractivity (Wildman–Crippen MR) is 62.7 cm³/mol. The zero-order valence-electron chi connectivity index (χ0n) is 9.32. The van der Waals surface area contributed by atoms with Crippen LogP contribution < -0.4 is 10.6 Å². The van der Waals surface area contributed by atoms with Gasteiger partial charge in [0.05, 0.1) is 6.54 Å². The molecule has 1 aromatic rings. The topological polar surface area (TPSA) is 78.4 Å². The SMILES string of the molecule is O=C(O)CNCc1ccc2c(c1)CCC(=O)N2. The van der Waals surface area contributed by atoms with Crippen molar-refractivity contribution in [2.75, 3.05) is 11.9 Å². The van der Waals surface area contributed by atoms with E-state index in [4.69, 9.17) is 5.11 Å². The fourth-order valence-electron chi connectivity index (χ4n) is 1.86. The lowest BCUT2D eigenvalue weighted by molar-refractivity contribution is -0.136. The molecule has 90 valence electrons. The van der Waals surface area contributed by atoms with Crippen LogP contribution >= 0.6 is 0 Å². The van der Waals surface area contributed by atoms with Gasteiger partial charge in [0, 0.05) is 18.7 Å². The molecule has 0 bridgehead atoms. The third-order valence-electron chi connectivity index (χ3n) is 2.67. The molecule has 1 aromatic carbocycles. The van der Waals surface area contributed by atoms with Gasteiger partial charge in [0.2, 0.25) is 5.91 Å². The van der Waals surface area contributed by atoms with Crippen molar-refractivity contribution in [2.45, 2.75) is 19.4 Å². The molecule has 5 nitrogen and oxygen atoms in total. The molecule has 0 radical (unpaired) electrons. The van der Waals surface area contributed by atoms with Crippen LogP contribution in [0.3, 0.4) is 0 Å². The molecule has 0 aromatic heterocycles. The summed E-state index contributed by atoms with van der Waals surface area (Å²) < 4.78 is 0. The van der Waals surface area contributed by atoms with Crippen LogP contribution in [-0.2, 0) is 22.6 Å². The van der Waals surface area contributed by atoms with Crippen LogP contribution in [0.1, 0.15) is 17.5 Å². The summed E-state index contributed by atoms with van der Waals surface area (Å²) in [4.78, 5) is 21.5. The number of hydrogen-bond donors (Lipinski definition) is 3. The van der Waals surface area contributed by atoms with Gasteiger partial charge in [0.1, 0.15) is 0 Å². The average molecular weight is 234 g/mol. The monoisotopic (exact) mass is 234 g/mol. The second-order valence-corrected chi connectivity index (χ2v) is 4.04. The van der Waals surface area contributed by atoms with E-state index < -0.39 is 5.97 Å². The lowest BCUT2D eigenvalue weighted by Gasteiger charge is -2.17. The molecule has 5 heteroatoms. The summed E-state index contributed by atoms with van der Waals surface area (Å²) in [7, 11) is 0. The maximum atomic E-state index is 11.2. The highest BCUT2D eigenvalue weighted by atomic mass is 16.4. The zero-order chi connectivity index (χ0) is 12.3. The Kier molecular flexibility index (Phi) is 3.39. The molecule has 1 aliphatic heterocycles. The van der Waals surface area contributed by atoms with E-state index in [9.17, 15) is 9.59 Å². The number of carbonyl (C=O) groups is 2. The van der Waals surface area contributed by atoms with E-state index in [-0.39, 0.29) is 12.5 Å². The minimum atomic E-state index is -0.866. The smallest absolute Gasteiger partial charge is 0.317 e. The molecule has 0 spiro atoms. The molecule has 0 saturated carbocycles. The molecule has 17 heavy (non-hydrogen) atoms. The van der Waals surface area contributed by atoms with Crippen LogP contribution in [0.4, 0.5) is 5.69 Å². The van der Waals surface area contributed by atoms with Gasteiger partial charge in [-0.25, -0.2) is 0 Å². The van der Waals surface area contributed by atoms with Gasteiger partial charge in [-0.15, -0.1) is 0 Å². The van der Waals surface area contributed by atoms with Gasteiger partial charge < -0.3 is 15.7 Å². The highest BCUT2D eigenvalue weighted by Crippen LogP contribution is 2.23. The lowest BCUT2D eigenvalue weighted by atomic mass is 10.0. The number of fused-ring (bicyclic) bond motifs is 1. The minimum absolute atomic E-state index is 0.0478. The summed E-state index contributed by atoms with van der Waals surface area (Å²) in [5.41, 5.74) is 3.00. The Morgan fingerprint density at radius 1 is 1.41 bits per heavy atom. The Bertz CT molecular complexity index is 457. The van der Waals surface area contributed by atoms with E-state index in [0.717, 1.165) is 23.2 Å². The van der Waals surface area contributed by atoms with Crippen molar-refractivity contribution in [3.8, 4) is 0 Å². The van der Waals surface area contributed by atoms with Crippen molar-refractivity contribution in [1.82, 2.24) is 5.32 Å². The van der Waals surface area contributed by atoms with E-state index in [0.29, 0.717) is 13.0 Å². The molecular formula is C12H14N2O3. The van der Waals surface area contributed by atoms with Gasteiger partial charge in [0.25, 0.3) is 0 Å². The summed E-state index contributed by atoms with van der Waals surface area (Å²) in [5, 5.41) is 14.1. The summed E-state index contributed by atoms with van der Waals surface area (Å²) in [6.45, 7) is 0.474. The Hall–Kier alpha value is -1.88. The maximum absolute atomic E-state index is 11.2. The number of carbonyl (C=O) groups excluding carboxylic acids is 1. The van der Waals surface area contributed by atoms with Crippen LogP contribution in [0, 0.1) is 0 Å². The van der Waals surface area contributed by atoms with Crippen molar-refractivity contribution in [3.05, 3.63) is 29.3 Å². The Morgan fingerprint density at radius 2 is 2.24 bits per heavy atom. The largest absolute Gasteiger partial charge is 0.480 e. The number of carboxylic acids is 1. The van der Waals surface area contributed by atoms with Crippen molar-refractivity contribution < 1.29 is 14.7 Å². The van der Waals surface area contributed by atoms with Gasteiger partial charge in [-0.1, -0.05) is 12.1 Å². The fraction of sp³-hybridized carbons (Fsp3) is 0.333. The number of hydrogen-bond acceptors (Lipinski definition) is 3.